The van der Waals surface area contributed by atoms with Crippen LogP contribution in [0.1, 0.15) is 58.8 Å². The van der Waals surface area contributed by atoms with Crippen molar-refractivity contribution in [3.63, 3.8) is 0 Å². The molecule has 0 aromatic rings. The number of ether oxygens (including phenoxy) is 2. The Bertz CT molecular complexity index is 324. The number of carbonyl (C=O) groups is 2. The molecule has 120 valence electrons. The van der Waals surface area contributed by atoms with Crippen molar-refractivity contribution in [2.45, 2.75) is 58.8 Å². The smallest absolute Gasteiger partial charge is 0.333 e. The van der Waals surface area contributed by atoms with E-state index in [0.29, 0.717) is 24.4 Å². The third kappa shape index (κ3) is 11.9. The minimum absolute atomic E-state index is 0.306. The summed E-state index contributed by atoms with van der Waals surface area (Å²) in [7, 11) is 0. The molecule has 0 amide bonds. The SMILES string of the molecule is C=C(C)C(=O)OCCCCCCCCCOC(=O)C(=C)C. The van der Waals surface area contributed by atoms with E-state index in [2.05, 4.69) is 13.2 Å². The van der Waals surface area contributed by atoms with Gasteiger partial charge >= 0.3 is 11.9 Å². The molecule has 0 atom stereocenters. The van der Waals surface area contributed by atoms with Gasteiger partial charge in [-0.05, 0) is 26.7 Å². The van der Waals surface area contributed by atoms with E-state index in [0.717, 1.165) is 44.9 Å². The van der Waals surface area contributed by atoms with Gasteiger partial charge in [0, 0.05) is 11.1 Å². The van der Waals surface area contributed by atoms with Crippen molar-refractivity contribution in [1.29, 1.82) is 0 Å². The third-order valence-corrected chi connectivity index (χ3v) is 2.95. The standard InChI is InChI=1S/C17H28O4/c1-14(2)16(18)20-12-10-8-6-5-7-9-11-13-21-17(19)15(3)4/h1,3,5-13H2,2,4H3. The molecule has 0 heterocycles. The monoisotopic (exact) mass is 296 g/mol. The summed E-state index contributed by atoms with van der Waals surface area (Å²) in [6.45, 7) is 11.3. The van der Waals surface area contributed by atoms with E-state index in [-0.39, 0.29) is 11.9 Å². The Balaban J connectivity index is 3.23. The highest BCUT2D eigenvalue weighted by Gasteiger charge is 2.02. The van der Waals surface area contributed by atoms with Gasteiger partial charge in [-0.2, -0.15) is 0 Å². The normalized spacial score (nSPS) is 10.0. The van der Waals surface area contributed by atoms with Crippen LogP contribution in [0.4, 0.5) is 0 Å². The Labute approximate surface area is 128 Å². The van der Waals surface area contributed by atoms with Gasteiger partial charge < -0.3 is 9.47 Å². The lowest BCUT2D eigenvalue weighted by molar-refractivity contribution is -0.139. The topological polar surface area (TPSA) is 52.6 Å². The molecule has 0 aliphatic heterocycles. The molecule has 0 aromatic heterocycles. The predicted octanol–water partition coefficient (Wildman–Crippen LogP) is 3.96. The van der Waals surface area contributed by atoms with Crippen molar-refractivity contribution in [1.82, 2.24) is 0 Å². The van der Waals surface area contributed by atoms with Gasteiger partial charge in [0.15, 0.2) is 0 Å². The van der Waals surface area contributed by atoms with E-state index >= 15 is 0 Å². The highest BCUT2D eigenvalue weighted by atomic mass is 16.5. The zero-order valence-electron chi connectivity index (χ0n) is 13.4. The fourth-order valence-electron chi connectivity index (χ4n) is 1.66. The Kier molecular flexibility index (Phi) is 11.3. The molecule has 0 spiro atoms. The summed E-state index contributed by atoms with van der Waals surface area (Å²) in [6, 6.07) is 0. The van der Waals surface area contributed by atoms with Gasteiger partial charge in [0.2, 0.25) is 0 Å². The summed E-state index contributed by atoms with van der Waals surface area (Å²) in [4.78, 5) is 22.2. The predicted molar refractivity (Wildman–Crippen MR) is 83.9 cm³/mol. The zero-order chi connectivity index (χ0) is 16.1. The summed E-state index contributed by atoms with van der Waals surface area (Å²) in [5.74, 6) is -0.612. The van der Waals surface area contributed by atoms with Crippen LogP contribution in [-0.2, 0) is 19.1 Å². The number of carbonyl (C=O) groups excluding carboxylic acids is 2. The first-order valence-electron chi connectivity index (χ1n) is 7.60. The van der Waals surface area contributed by atoms with Gasteiger partial charge in [0.1, 0.15) is 0 Å². The molecule has 0 aliphatic carbocycles. The first kappa shape index (κ1) is 19.4. The molecule has 0 bridgehead atoms. The van der Waals surface area contributed by atoms with E-state index in [9.17, 15) is 9.59 Å². The molecule has 0 unspecified atom stereocenters. The van der Waals surface area contributed by atoms with Crippen molar-refractivity contribution in [3.05, 3.63) is 24.3 Å². The maximum absolute atomic E-state index is 11.1. The fraction of sp³-hybridized carbons (Fsp3) is 0.647. The molecule has 0 aliphatic rings. The minimum atomic E-state index is -0.306. The van der Waals surface area contributed by atoms with Crippen molar-refractivity contribution in [3.8, 4) is 0 Å². The maximum Gasteiger partial charge on any atom is 0.333 e. The van der Waals surface area contributed by atoms with Crippen LogP contribution in [0, 0.1) is 0 Å². The van der Waals surface area contributed by atoms with Crippen molar-refractivity contribution < 1.29 is 19.1 Å². The Hall–Kier alpha value is -1.58. The molecular weight excluding hydrogens is 268 g/mol. The van der Waals surface area contributed by atoms with Gasteiger partial charge in [-0.3, -0.25) is 0 Å². The van der Waals surface area contributed by atoms with Crippen molar-refractivity contribution in [2.75, 3.05) is 13.2 Å². The van der Waals surface area contributed by atoms with Crippen LogP contribution in [0.5, 0.6) is 0 Å². The van der Waals surface area contributed by atoms with Crippen LogP contribution >= 0.6 is 0 Å². The lowest BCUT2D eigenvalue weighted by Gasteiger charge is -2.05. The number of rotatable bonds is 12. The van der Waals surface area contributed by atoms with Gasteiger partial charge in [-0.25, -0.2) is 9.59 Å². The molecule has 0 N–H and O–H groups in total. The summed E-state index contributed by atoms with van der Waals surface area (Å²) in [5, 5.41) is 0. The van der Waals surface area contributed by atoms with E-state index < -0.39 is 0 Å². The summed E-state index contributed by atoms with van der Waals surface area (Å²) >= 11 is 0. The summed E-state index contributed by atoms with van der Waals surface area (Å²) in [5.41, 5.74) is 0.893. The second-order valence-electron chi connectivity index (χ2n) is 5.31. The van der Waals surface area contributed by atoms with E-state index in [4.69, 9.17) is 9.47 Å². The largest absolute Gasteiger partial charge is 0.462 e. The second kappa shape index (κ2) is 12.2. The molecule has 4 heteroatoms. The van der Waals surface area contributed by atoms with Gasteiger partial charge in [-0.1, -0.05) is 45.3 Å². The van der Waals surface area contributed by atoms with Gasteiger partial charge in [-0.15, -0.1) is 0 Å². The summed E-state index contributed by atoms with van der Waals surface area (Å²) in [6.07, 6.45) is 7.35. The minimum Gasteiger partial charge on any atom is -0.462 e. The molecule has 0 saturated heterocycles. The summed E-state index contributed by atoms with van der Waals surface area (Å²) < 4.78 is 10.0. The lowest BCUT2D eigenvalue weighted by Crippen LogP contribution is -2.06. The first-order chi connectivity index (χ1) is 9.95. The van der Waals surface area contributed by atoms with Gasteiger partial charge in [0.05, 0.1) is 13.2 Å². The Morgan fingerprint density at radius 2 is 0.952 bits per heavy atom. The quantitative estimate of drug-likeness (QED) is 0.311. The molecule has 4 nitrogen and oxygen atoms in total. The van der Waals surface area contributed by atoms with Crippen molar-refractivity contribution in [2.24, 2.45) is 0 Å². The average molecular weight is 296 g/mol. The Morgan fingerprint density at radius 3 is 1.24 bits per heavy atom. The maximum atomic E-state index is 11.1. The van der Waals surface area contributed by atoms with Crippen LogP contribution < -0.4 is 0 Å². The van der Waals surface area contributed by atoms with Crippen LogP contribution in [0.15, 0.2) is 24.3 Å². The Morgan fingerprint density at radius 1 is 0.667 bits per heavy atom. The molecule has 0 saturated carbocycles. The van der Waals surface area contributed by atoms with Crippen LogP contribution in [0.3, 0.4) is 0 Å². The second-order valence-corrected chi connectivity index (χ2v) is 5.31. The van der Waals surface area contributed by atoms with E-state index in [1.807, 2.05) is 0 Å². The molecule has 0 fully saturated rings. The fourth-order valence-corrected chi connectivity index (χ4v) is 1.66. The van der Waals surface area contributed by atoms with Crippen molar-refractivity contribution >= 4 is 11.9 Å². The highest BCUT2D eigenvalue weighted by Crippen LogP contribution is 2.08. The average Bonchev–Trinajstić information content (AvgIpc) is 2.43. The first-order valence-corrected chi connectivity index (χ1v) is 7.60. The van der Waals surface area contributed by atoms with E-state index in [1.165, 1.54) is 0 Å². The molecule has 0 rings (SSSR count). The lowest BCUT2D eigenvalue weighted by atomic mass is 10.1. The molecule has 0 radical (unpaired) electrons. The van der Waals surface area contributed by atoms with Crippen LogP contribution in [0.25, 0.3) is 0 Å². The third-order valence-electron chi connectivity index (χ3n) is 2.95. The van der Waals surface area contributed by atoms with Gasteiger partial charge in [0.25, 0.3) is 0 Å². The van der Waals surface area contributed by atoms with E-state index in [1.54, 1.807) is 13.8 Å². The highest BCUT2D eigenvalue weighted by molar-refractivity contribution is 5.87. The van der Waals surface area contributed by atoms with Crippen LogP contribution in [0.2, 0.25) is 0 Å². The molecule has 0 aromatic carbocycles. The number of hydrogen-bond acceptors (Lipinski definition) is 4. The number of hydrogen-bond donors (Lipinski definition) is 0. The molecular formula is C17H28O4. The number of esters is 2. The number of unbranched alkanes of at least 4 members (excludes halogenated alkanes) is 6. The molecule has 21 heavy (non-hydrogen) atoms. The van der Waals surface area contributed by atoms with Crippen LogP contribution in [-0.4, -0.2) is 25.2 Å². The zero-order valence-corrected chi connectivity index (χ0v) is 13.4.